The first-order valence-corrected chi connectivity index (χ1v) is 9.03. The van der Waals surface area contributed by atoms with E-state index in [1.54, 1.807) is 13.3 Å². The molecule has 0 radical (unpaired) electrons. The summed E-state index contributed by atoms with van der Waals surface area (Å²) >= 11 is 6.11. The minimum absolute atomic E-state index is 0.00258. The first-order valence-electron chi connectivity index (χ1n) is 8.65. The number of nitrogens with zero attached hydrogens (tertiary/aromatic N) is 1. The van der Waals surface area contributed by atoms with Gasteiger partial charge >= 0.3 is 0 Å². The van der Waals surface area contributed by atoms with Crippen LogP contribution in [0, 0.1) is 0 Å². The van der Waals surface area contributed by atoms with E-state index >= 15 is 0 Å². The SMILES string of the molecule is COc1cc(Cl)ccc1-c1ccnc2[nH]c(C3CNC(C)(C)CO3)cc12. The molecule has 3 aromatic rings. The van der Waals surface area contributed by atoms with Crippen LogP contribution in [0.2, 0.25) is 5.02 Å². The first-order chi connectivity index (χ1) is 12.5. The lowest BCUT2D eigenvalue weighted by Gasteiger charge is -2.35. The second-order valence-corrected chi connectivity index (χ2v) is 7.69. The van der Waals surface area contributed by atoms with Crippen molar-refractivity contribution in [2.45, 2.75) is 25.5 Å². The molecule has 6 heteroatoms. The number of hydrogen-bond acceptors (Lipinski definition) is 4. The lowest BCUT2D eigenvalue weighted by molar-refractivity contribution is -0.0246. The third-order valence-corrected chi connectivity index (χ3v) is 5.00. The Labute approximate surface area is 157 Å². The number of hydrogen-bond donors (Lipinski definition) is 2. The molecule has 0 bridgehead atoms. The summed E-state index contributed by atoms with van der Waals surface area (Å²) < 4.78 is 11.6. The Kier molecular flexibility index (Phi) is 4.39. The maximum absolute atomic E-state index is 6.11. The number of pyridine rings is 1. The van der Waals surface area contributed by atoms with Crippen LogP contribution in [0.15, 0.2) is 36.5 Å². The zero-order valence-corrected chi connectivity index (χ0v) is 15.9. The Hall–Kier alpha value is -2.08. The van der Waals surface area contributed by atoms with E-state index in [2.05, 4.69) is 35.2 Å². The number of benzene rings is 1. The third-order valence-electron chi connectivity index (χ3n) is 4.76. The molecule has 1 saturated heterocycles. The Bertz CT molecular complexity index is 941. The van der Waals surface area contributed by atoms with E-state index in [1.807, 2.05) is 24.3 Å². The van der Waals surface area contributed by atoms with Gasteiger partial charge < -0.3 is 19.8 Å². The Morgan fingerprint density at radius 3 is 2.81 bits per heavy atom. The quantitative estimate of drug-likeness (QED) is 0.719. The monoisotopic (exact) mass is 371 g/mol. The summed E-state index contributed by atoms with van der Waals surface area (Å²) in [5.74, 6) is 0.741. The lowest BCUT2D eigenvalue weighted by Crippen LogP contribution is -2.50. The number of aromatic nitrogens is 2. The van der Waals surface area contributed by atoms with Crippen LogP contribution in [0.4, 0.5) is 0 Å². The van der Waals surface area contributed by atoms with Gasteiger partial charge in [-0.1, -0.05) is 11.6 Å². The maximum atomic E-state index is 6.11. The molecule has 4 rings (SSSR count). The van der Waals surface area contributed by atoms with Gasteiger partial charge in [0.2, 0.25) is 0 Å². The van der Waals surface area contributed by atoms with Crippen LogP contribution in [0.3, 0.4) is 0 Å². The Morgan fingerprint density at radius 1 is 1.23 bits per heavy atom. The molecular formula is C20H22ClN3O2. The highest BCUT2D eigenvalue weighted by molar-refractivity contribution is 6.30. The van der Waals surface area contributed by atoms with Crippen LogP contribution < -0.4 is 10.1 Å². The minimum Gasteiger partial charge on any atom is -0.496 e. The summed E-state index contributed by atoms with van der Waals surface area (Å²) in [4.78, 5) is 7.89. The largest absolute Gasteiger partial charge is 0.496 e. The molecule has 1 atom stereocenters. The van der Waals surface area contributed by atoms with Gasteiger partial charge in [0, 0.05) is 39.9 Å². The normalized spacial score (nSPS) is 19.6. The zero-order chi connectivity index (χ0) is 18.3. The molecule has 2 N–H and O–H groups in total. The molecule has 0 amide bonds. The highest BCUT2D eigenvalue weighted by Gasteiger charge is 2.28. The maximum Gasteiger partial charge on any atom is 0.138 e. The topological polar surface area (TPSA) is 59.2 Å². The van der Waals surface area contributed by atoms with Crippen LogP contribution in [0.25, 0.3) is 22.2 Å². The number of H-pyrrole nitrogens is 1. The van der Waals surface area contributed by atoms with Crippen molar-refractivity contribution in [2.24, 2.45) is 0 Å². The van der Waals surface area contributed by atoms with Crippen molar-refractivity contribution in [1.82, 2.24) is 15.3 Å². The molecule has 1 fully saturated rings. The number of rotatable bonds is 3. The van der Waals surface area contributed by atoms with E-state index in [0.717, 1.165) is 40.1 Å². The predicted molar refractivity (Wildman–Crippen MR) is 104 cm³/mol. The van der Waals surface area contributed by atoms with Gasteiger partial charge in [0.15, 0.2) is 0 Å². The fourth-order valence-electron chi connectivity index (χ4n) is 3.33. The second kappa shape index (κ2) is 6.58. The van der Waals surface area contributed by atoms with Crippen LogP contribution >= 0.6 is 11.6 Å². The van der Waals surface area contributed by atoms with Crippen molar-refractivity contribution in [3.8, 4) is 16.9 Å². The van der Waals surface area contributed by atoms with Crippen molar-refractivity contribution in [3.05, 3.63) is 47.2 Å². The van der Waals surface area contributed by atoms with E-state index in [-0.39, 0.29) is 11.6 Å². The van der Waals surface area contributed by atoms with Gasteiger partial charge in [0.25, 0.3) is 0 Å². The number of aromatic amines is 1. The number of nitrogens with one attached hydrogen (secondary N) is 2. The molecule has 5 nitrogen and oxygen atoms in total. The molecule has 0 spiro atoms. The molecule has 136 valence electrons. The van der Waals surface area contributed by atoms with Crippen LogP contribution in [0.5, 0.6) is 5.75 Å². The van der Waals surface area contributed by atoms with Crippen molar-refractivity contribution in [2.75, 3.05) is 20.3 Å². The number of morpholine rings is 1. The molecular weight excluding hydrogens is 350 g/mol. The van der Waals surface area contributed by atoms with Gasteiger partial charge in [-0.25, -0.2) is 4.98 Å². The summed E-state index contributed by atoms with van der Waals surface area (Å²) in [6.45, 7) is 5.71. The first kappa shape index (κ1) is 17.3. The van der Waals surface area contributed by atoms with Gasteiger partial charge in [-0.15, -0.1) is 0 Å². The van der Waals surface area contributed by atoms with Gasteiger partial charge in [0.05, 0.1) is 13.7 Å². The molecule has 26 heavy (non-hydrogen) atoms. The highest BCUT2D eigenvalue weighted by Crippen LogP contribution is 2.37. The van der Waals surface area contributed by atoms with Crippen molar-refractivity contribution in [1.29, 1.82) is 0 Å². The average Bonchev–Trinajstić information content (AvgIpc) is 3.05. The van der Waals surface area contributed by atoms with Crippen LogP contribution in [-0.2, 0) is 4.74 Å². The Balaban J connectivity index is 1.75. The smallest absolute Gasteiger partial charge is 0.138 e. The number of halogens is 1. The summed E-state index contributed by atoms with van der Waals surface area (Å²) in [6.07, 6.45) is 1.78. The second-order valence-electron chi connectivity index (χ2n) is 7.25. The zero-order valence-electron chi connectivity index (χ0n) is 15.1. The van der Waals surface area contributed by atoms with Crippen LogP contribution in [0.1, 0.15) is 25.6 Å². The van der Waals surface area contributed by atoms with Crippen LogP contribution in [-0.4, -0.2) is 35.8 Å². The fourth-order valence-corrected chi connectivity index (χ4v) is 3.49. The van der Waals surface area contributed by atoms with Crippen molar-refractivity contribution in [3.63, 3.8) is 0 Å². The van der Waals surface area contributed by atoms with Gasteiger partial charge in [-0.05, 0) is 49.7 Å². The van der Waals surface area contributed by atoms with E-state index in [0.29, 0.717) is 11.6 Å². The van der Waals surface area contributed by atoms with Gasteiger partial charge in [-0.3, -0.25) is 0 Å². The van der Waals surface area contributed by atoms with E-state index in [1.165, 1.54) is 0 Å². The summed E-state index contributed by atoms with van der Waals surface area (Å²) in [5.41, 5.74) is 3.90. The fraction of sp³-hybridized carbons (Fsp3) is 0.350. The van der Waals surface area contributed by atoms with E-state index in [4.69, 9.17) is 21.1 Å². The predicted octanol–water partition coefficient (Wildman–Crippen LogP) is 4.33. The average molecular weight is 372 g/mol. The molecule has 1 aliphatic heterocycles. The summed E-state index contributed by atoms with van der Waals surface area (Å²) in [5, 5.41) is 5.21. The molecule has 2 aromatic heterocycles. The molecule has 1 unspecified atom stereocenters. The molecule has 3 heterocycles. The molecule has 0 aliphatic carbocycles. The standard InChI is InChI=1S/C20H22ClN3O2/c1-20(2)11-26-18(10-23-20)16-9-15-13(6-7-22-19(15)24-16)14-5-4-12(21)8-17(14)25-3/h4-9,18,23H,10-11H2,1-3H3,(H,22,24). The molecule has 1 aliphatic rings. The number of ether oxygens (including phenoxy) is 2. The number of fused-ring (bicyclic) bond motifs is 1. The lowest BCUT2D eigenvalue weighted by atomic mass is 10.0. The summed E-state index contributed by atoms with van der Waals surface area (Å²) in [6, 6.07) is 9.79. The highest BCUT2D eigenvalue weighted by atomic mass is 35.5. The van der Waals surface area contributed by atoms with Gasteiger partial charge in [0.1, 0.15) is 17.5 Å². The number of methoxy groups -OCH3 is 1. The van der Waals surface area contributed by atoms with E-state index in [9.17, 15) is 0 Å². The third kappa shape index (κ3) is 3.18. The molecule has 1 aromatic carbocycles. The molecule has 0 saturated carbocycles. The minimum atomic E-state index is -0.0165. The van der Waals surface area contributed by atoms with E-state index < -0.39 is 0 Å². The summed E-state index contributed by atoms with van der Waals surface area (Å²) in [7, 11) is 1.65. The van der Waals surface area contributed by atoms with Crippen molar-refractivity contribution >= 4 is 22.6 Å². The van der Waals surface area contributed by atoms with Gasteiger partial charge in [-0.2, -0.15) is 0 Å². The Morgan fingerprint density at radius 2 is 2.08 bits per heavy atom. The van der Waals surface area contributed by atoms with Crippen molar-refractivity contribution < 1.29 is 9.47 Å².